The van der Waals surface area contributed by atoms with Crippen LogP contribution in [0.2, 0.25) is 0 Å². The summed E-state index contributed by atoms with van der Waals surface area (Å²) in [6.45, 7) is 8.98. The minimum absolute atomic E-state index is 0.0481. The second-order valence-electron chi connectivity index (χ2n) is 8.77. The van der Waals surface area contributed by atoms with E-state index in [0.29, 0.717) is 12.3 Å². The molecule has 0 bridgehead atoms. The lowest BCUT2D eigenvalue weighted by Crippen LogP contribution is -2.50. The molecular weight excluding hydrogens is 388 g/mol. The summed E-state index contributed by atoms with van der Waals surface area (Å²) in [5.41, 5.74) is 11.3. The standard InChI is InChI=1S/C25H30N4O2/c1-18(13-19-5-3-2-4-6-19)15-28-9-11-29(12-10-28)16-24-22-17-30-23-14-20(26)7-8-21(23)25(22)27-31-24/h2-8,13-14,22,24H,9-12,15-17,26H2,1H3. The van der Waals surface area contributed by atoms with Crippen molar-refractivity contribution in [3.05, 3.63) is 65.2 Å². The second-order valence-corrected chi connectivity index (χ2v) is 8.77. The molecule has 3 aliphatic rings. The van der Waals surface area contributed by atoms with E-state index in [9.17, 15) is 0 Å². The van der Waals surface area contributed by atoms with Crippen LogP contribution >= 0.6 is 0 Å². The van der Waals surface area contributed by atoms with Gasteiger partial charge in [-0.15, -0.1) is 0 Å². The van der Waals surface area contributed by atoms with Crippen LogP contribution in [0.4, 0.5) is 5.69 Å². The first kappa shape index (κ1) is 20.1. The first-order valence-corrected chi connectivity index (χ1v) is 11.1. The lowest BCUT2D eigenvalue weighted by Gasteiger charge is -2.36. The van der Waals surface area contributed by atoms with Crippen molar-refractivity contribution in [2.24, 2.45) is 11.1 Å². The summed E-state index contributed by atoms with van der Waals surface area (Å²) in [6.07, 6.45) is 2.33. The number of anilines is 1. The molecule has 2 atom stereocenters. The van der Waals surface area contributed by atoms with E-state index in [1.54, 1.807) is 0 Å². The van der Waals surface area contributed by atoms with E-state index in [0.717, 1.165) is 56.3 Å². The van der Waals surface area contributed by atoms with Crippen LogP contribution in [-0.2, 0) is 4.84 Å². The number of hydrogen-bond acceptors (Lipinski definition) is 6. The van der Waals surface area contributed by atoms with Crippen molar-refractivity contribution in [1.82, 2.24) is 9.80 Å². The number of nitrogen functional groups attached to an aromatic ring is 1. The summed E-state index contributed by atoms with van der Waals surface area (Å²) >= 11 is 0. The van der Waals surface area contributed by atoms with Gasteiger partial charge in [-0.2, -0.15) is 0 Å². The van der Waals surface area contributed by atoms with Gasteiger partial charge in [0.25, 0.3) is 0 Å². The van der Waals surface area contributed by atoms with Crippen molar-refractivity contribution in [3.8, 4) is 5.75 Å². The predicted octanol–water partition coefficient (Wildman–Crippen LogP) is 3.10. The lowest BCUT2D eigenvalue weighted by atomic mass is 9.90. The van der Waals surface area contributed by atoms with Gasteiger partial charge in [-0.1, -0.05) is 47.1 Å². The summed E-state index contributed by atoms with van der Waals surface area (Å²) in [7, 11) is 0. The fourth-order valence-corrected chi connectivity index (χ4v) is 4.70. The molecule has 6 nitrogen and oxygen atoms in total. The molecule has 0 spiro atoms. The van der Waals surface area contributed by atoms with Gasteiger partial charge in [0.1, 0.15) is 18.1 Å². The zero-order valence-corrected chi connectivity index (χ0v) is 18.0. The summed E-state index contributed by atoms with van der Waals surface area (Å²) in [5.74, 6) is 0.997. The number of fused-ring (bicyclic) bond motifs is 3. The molecule has 0 saturated carbocycles. The van der Waals surface area contributed by atoms with Crippen LogP contribution in [0.5, 0.6) is 5.75 Å². The van der Waals surface area contributed by atoms with Crippen LogP contribution in [0, 0.1) is 5.92 Å². The van der Waals surface area contributed by atoms with E-state index in [4.69, 9.17) is 15.3 Å². The molecule has 0 aliphatic carbocycles. The molecule has 0 amide bonds. The molecule has 5 rings (SSSR count). The number of nitrogens with two attached hydrogens (primary N) is 1. The van der Waals surface area contributed by atoms with Crippen LogP contribution in [-0.4, -0.2) is 67.5 Å². The largest absolute Gasteiger partial charge is 0.492 e. The van der Waals surface area contributed by atoms with Gasteiger partial charge >= 0.3 is 0 Å². The maximum Gasteiger partial charge on any atom is 0.151 e. The van der Waals surface area contributed by atoms with Crippen molar-refractivity contribution in [2.45, 2.75) is 13.0 Å². The van der Waals surface area contributed by atoms with E-state index in [2.05, 4.69) is 58.3 Å². The summed E-state index contributed by atoms with van der Waals surface area (Å²) in [5, 5.41) is 4.42. The molecule has 31 heavy (non-hydrogen) atoms. The summed E-state index contributed by atoms with van der Waals surface area (Å²) in [6, 6.07) is 16.3. The molecule has 2 N–H and O–H groups in total. The minimum Gasteiger partial charge on any atom is -0.492 e. The molecule has 0 aromatic heterocycles. The Hall–Kier alpha value is -2.83. The SMILES string of the molecule is CC(=Cc1ccccc1)CN1CCN(CC2ON=C3c4ccc(N)cc4OCC32)CC1. The average molecular weight is 419 g/mol. The van der Waals surface area contributed by atoms with Crippen molar-refractivity contribution >= 4 is 17.5 Å². The number of nitrogens with zero attached hydrogens (tertiary/aromatic N) is 3. The third-order valence-electron chi connectivity index (χ3n) is 6.38. The number of hydrogen-bond donors (Lipinski definition) is 1. The molecule has 1 saturated heterocycles. The Balaban J connectivity index is 1.13. The number of benzene rings is 2. The highest BCUT2D eigenvalue weighted by atomic mass is 16.6. The highest BCUT2D eigenvalue weighted by Crippen LogP contribution is 2.35. The van der Waals surface area contributed by atoms with E-state index in [-0.39, 0.29) is 12.0 Å². The summed E-state index contributed by atoms with van der Waals surface area (Å²) < 4.78 is 5.97. The second kappa shape index (κ2) is 8.73. The molecule has 2 unspecified atom stereocenters. The van der Waals surface area contributed by atoms with Crippen LogP contribution < -0.4 is 10.5 Å². The van der Waals surface area contributed by atoms with Gasteiger partial charge in [0.15, 0.2) is 6.10 Å². The quantitative estimate of drug-likeness (QED) is 0.756. The highest BCUT2D eigenvalue weighted by molar-refractivity contribution is 6.06. The minimum atomic E-state index is 0.0481. The Morgan fingerprint density at radius 1 is 1.10 bits per heavy atom. The highest BCUT2D eigenvalue weighted by Gasteiger charge is 2.40. The van der Waals surface area contributed by atoms with Crippen molar-refractivity contribution in [3.63, 3.8) is 0 Å². The maximum atomic E-state index is 5.97. The lowest BCUT2D eigenvalue weighted by molar-refractivity contribution is 0.0101. The molecule has 0 radical (unpaired) electrons. The number of ether oxygens (including phenoxy) is 1. The molecule has 3 aliphatic heterocycles. The molecule has 2 aromatic carbocycles. The van der Waals surface area contributed by atoms with Gasteiger partial charge in [0, 0.05) is 56.6 Å². The van der Waals surface area contributed by atoms with Crippen LogP contribution in [0.3, 0.4) is 0 Å². The maximum absolute atomic E-state index is 5.97. The monoisotopic (exact) mass is 418 g/mol. The topological polar surface area (TPSA) is 63.3 Å². The van der Waals surface area contributed by atoms with Crippen molar-refractivity contribution in [2.75, 3.05) is 51.6 Å². The Bertz CT molecular complexity index is 980. The zero-order valence-electron chi connectivity index (χ0n) is 18.0. The number of rotatable bonds is 5. The van der Waals surface area contributed by atoms with E-state index < -0.39 is 0 Å². The normalized spacial score (nSPS) is 24.0. The third kappa shape index (κ3) is 4.45. The van der Waals surface area contributed by atoms with Crippen molar-refractivity contribution in [1.29, 1.82) is 0 Å². The molecule has 2 aromatic rings. The predicted molar refractivity (Wildman–Crippen MR) is 124 cm³/mol. The smallest absolute Gasteiger partial charge is 0.151 e. The molecule has 162 valence electrons. The first-order chi connectivity index (χ1) is 15.2. The molecule has 3 heterocycles. The first-order valence-electron chi connectivity index (χ1n) is 11.1. The Morgan fingerprint density at radius 3 is 2.68 bits per heavy atom. The molecule has 1 fully saturated rings. The van der Waals surface area contributed by atoms with Gasteiger partial charge in [0.05, 0.1) is 5.92 Å². The third-order valence-corrected chi connectivity index (χ3v) is 6.38. The van der Waals surface area contributed by atoms with E-state index in [1.807, 2.05) is 18.2 Å². The fraction of sp³-hybridized carbons (Fsp3) is 0.400. The Labute approximate surface area is 183 Å². The fourth-order valence-electron chi connectivity index (χ4n) is 4.70. The number of piperazine rings is 1. The van der Waals surface area contributed by atoms with Crippen LogP contribution in [0.1, 0.15) is 18.1 Å². The van der Waals surface area contributed by atoms with Gasteiger partial charge < -0.3 is 15.3 Å². The number of oxime groups is 1. The average Bonchev–Trinajstić information content (AvgIpc) is 3.18. The Morgan fingerprint density at radius 2 is 1.87 bits per heavy atom. The van der Waals surface area contributed by atoms with Gasteiger partial charge in [0.2, 0.25) is 0 Å². The van der Waals surface area contributed by atoms with E-state index in [1.165, 1.54) is 11.1 Å². The zero-order chi connectivity index (χ0) is 21.2. The molecule has 6 heteroatoms. The van der Waals surface area contributed by atoms with Crippen LogP contribution in [0.25, 0.3) is 6.08 Å². The summed E-state index contributed by atoms with van der Waals surface area (Å²) in [4.78, 5) is 10.9. The van der Waals surface area contributed by atoms with E-state index >= 15 is 0 Å². The molecular formula is C25H30N4O2. The van der Waals surface area contributed by atoms with Gasteiger partial charge in [-0.05, 0) is 24.6 Å². The van der Waals surface area contributed by atoms with Crippen LogP contribution in [0.15, 0.2) is 59.3 Å². The Kier molecular flexibility index (Phi) is 5.66. The van der Waals surface area contributed by atoms with Gasteiger partial charge in [-0.3, -0.25) is 9.80 Å². The van der Waals surface area contributed by atoms with Crippen molar-refractivity contribution < 1.29 is 9.57 Å². The van der Waals surface area contributed by atoms with Gasteiger partial charge in [-0.25, -0.2) is 0 Å².